The third-order valence-corrected chi connectivity index (χ3v) is 3.04. The molecule has 1 amide bonds. The van der Waals surface area contributed by atoms with Crippen molar-refractivity contribution in [1.82, 2.24) is 15.6 Å². The van der Waals surface area contributed by atoms with Crippen LogP contribution in [0.15, 0.2) is 15.4 Å². The minimum atomic E-state index is -0.385. The minimum absolute atomic E-state index is 0.000425. The molecule has 0 atom stereocenters. The molecular weight excluding hydrogens is 228 g/mol. The van der Waals surface area contributed by atoms with E-state index in [1.807, 2.05) is 17.7 Å². The second-order valence-corrected chi connectivity index (χ2v) is 4.00. The number of nitrogens with one attached hydrogen (secondary N) is 1. The lowest BCUT2D eigenvalue weighted by Crippen LogP contribution is -2.24. The van der Waals surface area contributed by atoms with Crippen molar-refractivity contribution in [2.24, 2.45) is 0 Å². The maximum atomic E-state index is 11.6. The third-order valence-electron chi connectivity index (χ3n) is 2.13. The molecule has 0 fully saturated rings. The summed E-state index contributed by atoms with van der Waals surface area (Å²) in [4.78, 5) is 11.6. The standard InChI is InChI=1S/C9H10N4O2S/c1-5-3-16-4-6(5)2-11-9(14)7-8(10)13-15-12-7/h3-4H,2H2,1H3,(H2,10,13)(H,11,14). The van der Waals surface area contributed by atoms with Gasteiger partial charge in [0.2, 0.25) is 11.5 Å². The summed E-state index contributed by atoms with van der Waals surface area (Å²) in [6.07, 6.45) is 0. The average Bonchev–Trinajstić information content (AvgIpc) is 2.84. The normalized spacial score (nSPS) is 10.3. The van der Waals surface area contributed by atoms with Gasteiger partial charge in [-0.2, -0.15) is 11.3 Å². The molecule has 0 unspecified atom stereocenters. The van der Waals surface area contributed by atoms with E-state index < -0.39 is 0 Å². The third kappa shape index (κ3) is 2.03. The van der Waals surface area contributed by atoms with Crippen LogP contribution >= 0.6 is 11.3 Å². The lowest BCUT2D eigenvalue weighted by atomic mass is 10.2. The molecule has 0 aliphatic rings. The topological polar surface area (TPSA) is 94.0 Å². The summed E-state index contributed by atoms with van der Waals surface area (Å²) in [7, 11) is 0. The van der Waals surface area contributed by atoms with Crippen LogP contribution in [0.25, 0.3) is 0 Å². The number of nitrogens with two attached hydrogens (primary N) is 1. The van der Waals surface area contributed by atoms with Gasteiger partial charge in [-0.25, -0.2) is 4.63 Å². The van der Waals surface area contributed by atoms with Crippen LogP contribution in [0.2, 0.25) is 0 Å². The van der Waals surface area contributed by atoms with Gasteiger partial charge in [-0.1, -0.05) is 0 Å². The molecule has 6 nitrogen and oxygen atoms in total. The van der Waals surface area contributed by atoms with E-state index in [4.69, 9.17) is 5.73 Å². The molecule has 84 valence electrons. The van der Waals surface area contributed by atoms with Gasteiger partial charge in [-0.15, -0.1) is 0 Å². The fourth-order valence-electron chi connectivity index (χ4n) is 1.18. The molecule has 3 N–H and O–H groups in total. The van der Waals surface area contributed by atoms with E-state index in [2.05, 4.69) is 20.3 Å². The predicted molar refractivity (Wildman–Crippen MR) is 58.9 cm³/mol. The van der Waals surface area contributed by atoms with Crippen LogP contribution < -0.4 is 11.1 Å². The van der Waals surface area contributed by atoms with Gasteiger partial charge in [0.05, 0.1) is 0 Å². The monoisotopic (exact) mass is 238 g/mol. The van der Waals surface area contributed by atoms with Gasteiger partial charge in [0, 0.05) is 6.54 Å². The molecule has 0 aliphatic heterocycles. The number of amides is 1. The summed E-state index contributed by atoms with van der Waals surface area (Å²) < 4.78 is 4.34. The molecular formula is C9H10N4O2S. The van der Waals surface area contributed by atoms with Gasteiger partial charge >= 0.3 is 0 Å². The van der Waals surface area contributed by atoms with Gasteiger partial charge in [0.1, 0.15) is 0 Å². The number of thiophene rings is 1. The van der Waals surface area contributed by atoms with Crippen molar-refractivity contribution >= 4 is 23.1 Å². The highest BCUT2D eigenvalue weighted by molar-refractivity contribution is 7.08. The lowest BCUT2D eigenvalue weighted by molar-refractivity contribution is 0.0941. The SMILES string of the molecule is Cc1cscc1CNC(=O)c1nonc1N. The van der Waals surface area contributed by atoms with E-state index in [9.17, 15) is 4.79 Å². The van der Waals surface area contributed by atoms with Crippen molar-refractivity contribution in [3.8, 4) is 0 Å². The van der Waals surface area contributed by atoms with Gasteiger partial charge in [0.25, 0.3) is 5.91 Å². The van der Waals surface area contributed by atoms with Crippen molar-refractivity contribution in [3.63, 3.8) is 0 Å². The molecule has 0 saturated carbocycles. The number of aromatic nitrogens is 2. The first-order chi connectivity index (χ1) is 7.68. The first kappa shape index (κ1) is 10.6. The molecule has 2 heterocycles. The second kappa shape index (κ2) is 4.31. The summed E-state index contributed by atoms with van der Waals surface area (Å²) in [6, 6.07) is 0. The number of nitrogens with zero attached hydrogens (tertiary/aromatic N) is 2. The van der Waals surface area contributed by atoms with E-state index in [1.54, 1.807) is 11.3 Å². The van der Waals surface area contributed by atoms with E-state index in [1.165, 1.54) is 0 Å². The van der Waals surface area contributed by atoms with Crippen molar-refractivity contribution < 1.29 is 9.42 Å². The Hall–Kier alpha value is -1.89. The van der Waals surface area contributed by atoms with E-state index >= 15 is 0 Å². The van der Waals surface area contributed by atoms with Gasteiger partial charge in [-0.05, 0) is 39.1 Å². The summed E-state index contributed by atoms with van der Waals surface area (Å²) in [5.41, 5.74) is 7.64. The summed E-state index contributed by atoms with van der Waals surface area (Å²) in [5, 5.41) is 13.5. The zero-order valence-electron chi connectivity index (χ0n) is 8.56. The van der Waals surface area contributed by atoms with E-state index in [-0.39, 0.29) is 17.4 Å². The Balaban J connectivity index is 1.99. The number of hydrogen-bond donors (Lipinski definition) is 2. The van der Waals surface area contributed by atoms with Crippen LogP contribution in [0.1, 0.15) is 21.6 Å². The number of carbonyl (C=O) groups is 1. The molecule has 16 heavy (non-hydrogen) atoms. The number of rotatable bonds is 3. The van der Waals surface area contributed by atoms with Crippen molar-refractivity contribution in [3.05, 3.63) is 27.6 Å². The zero-order chi connectivity index (χ0) is 11.5. The Bertz CT molecular complexity index is 505. The molecule has 0 radical (unpaired) electrons. The summed E-state index contributed by atoms with van der Waals surface area (Å²) in [6.45, 7) is 2.43. The predicted octanol–water partition coefficient (Wildman–Crippen LogP) is 0.952. The van der Waals surface area contributed by atoms with E-state index in [0.717, 1.165) is 11.1 Å². The van der Waals surface area contributed by atoms with Crippen LogP contribution in [0.5, 0.6) is 0 Å². The lowest BCUT2D eigenvalue weighted by Gasteiger charge is -2.02. The largest absolute Gasteiger partial charge is 0.379 e. The summed E-state index contributed by atoms with van der Waals surface area (Å²) in [5.74, 6) is -0.385. The van der Waals surface area contributed by atoms with Gasteiger partial charge in [0.15, 0.2) is 0 Å². The molecule has 0 saturated heterocycles. The quantitative estimate of drug-likeness (QED) is 0.830. The molecule has 2 aromatic heterocycles. The average molecular weight is 238 g/mol. The van der Waals surface area contributed by atoms with Crippen LogP contribution in [0.3, 0.4) is 0 Å². The number of carbonyl (C=O) groups excluding carboxylic acids is 1. The smallest absolute Gasteiger partial charge is 0.277 e. The highest BCUT2D eigenvalue weighted by atomic mass is 32.1. The number of hydrogen-bond acceptors (Lipinski definition) is 6. The Morgan fingerprint density at radius 2 is 2.38 bits per heavy atom. The van der Waals surface area contributed by atoms with Crippen LogP contribution in [-0.4, -0.2) is 16.2 Å². The van der Waals surface area contributed by atoms with Crippen LogP contribution in [-0.2, 0) is 6.54 Å². The molecule has 2 rings (SSSR count). The fourth-order valence-corrected chi connectivity index (χ4v) is 2.04. The molecule has 0 spiro atoms. The Morgan fingerprint density at radius 1 is 1.56 bits per heavy atom. The first-order valence-corrected chi connectivity index (χ1v) is 5.50. The molecule has 0 aliphatic carbocycles. The van der Waals surface area contributed by atoms with Gasteiger partial charge < -0.3 is 11.1 Å². The first-order valence-electron chi connectivity index (χ1n) is 4.56. The second-order valence-electron chi connectivity index (χ2n) is 3.26. The molecule has 7 heteroatoms. The molecule has 0 aromatic carbocycles. The van der Waals surface area contributed by atoms with Crippen LogP contribution in [0, 0.1) is 6.92 Å². The fraction of sp³-hybridized carbons (Fsp3) is 0.222. The maximum Gasteiger partial charge on any atom is 0.277 e. The van der Waals surface area contributed by atoms with E-state index in [0.29, 0.717) is 6.54 Å². The molecule has 0 bridgehead atoms. The maximum absolute atomic E-state index is 11.6. The summed E-state index contributed by atoms with van der Waals surface area (Å²) >= 11 is 1.60. The highest BCUT2D eigenvalue weighted by Crippen LogP contribution is 2.13. The van der Waals surface area contributed by atoms with Crippen molar-refractivity contribution in [2.75, 3.05) is 5.73 Å². The zero-order valence-corrected chi connectivity index (χ0v) is 9.37. The number of aryl methyl sites for hydroxylation is 1. The van der Waals surface area contributed by atoms with Crippen molar-refractivity contribution in [1.29, 1.82) is 0 Å². The molecule has 2 aromatic rings. The Labute approximate surface area is 95.4 Å². The van der Waals surface area contributed by atoms with Crippen molar-refractivity contribution in [2.45, 2.75) is 13.5 Å². The van der Waals surface area contributed by atoms with Gasteiger partial charge in [-0.3, -0.25) is 4.79 Å². The number of nitrogen functional groups attached to an aromatic ring is 1. The Morgan fingerprint density at radius 3 is 2.94 bits per heavy atom. The Kier molecular flexibility index (Phi) is 2.86. The van der Waals surface area contributed by atoms with Crippen LogP contribution in [0.4, 0.5) is 5.82 Å². The number of anilines is 1. The highest BCUT2D eigenvalue weighted by Gasteiger charge is 2.15. The minimum Gasteiger partial charge on any atom is -0.379 e.